The van der Waals surface area contributed by atoms with E-state index in [1.165, 1.54) is 24.8 Å². The van der Waals surface area contributed by atoms with E-state index in [0.29, 0.717) is 5.41 Å². The van der Waals surface area contributed by atoms with Crippen molar-refractivity contribution in [3.63, 3.8) is 0 Å². The molecule has 0 amide bonds. The third-order valence-corrected chi connectivity index (χ3v) is 20.3. The van der Waals surface area contributed by atoms with E-state index >= 15 is 0 Å². The summed E-state index contributed by atoms with van der Waals surface area (Å²) in [6.45, 7) is 14.7. The van der Waals surface area contributed by atoms with Crippen LogP contribution < -0.4 is 0 Å². The Kier molecular flexibility index (Phi) is 6.94. The molecule has 0 bridgehead atoms. The molecule has 1 saturated carbocycles. The van der Waals surface area contributed by atoms with E-state index in [2.05, 4.69) is 71.0 Å². The van der Waals surface area contributed by atoms with Gasteiger partial charge in [0.25, 0.3) is 0 Å². The average Bonchev–Trinajstić information content (AvgIpc) is 3.03. The lowest BCUT2D eigenvalue weighted by Gasteiger charge is -2.42. The van der Waals surface area contributed by atoms with Gasteiger partial charge >= 0.3 is 5.97 Å². The van der Waals surface area contributed by atoms with Crippen LogP contribution in [-0.2, 0) is 21.4 Å². The quantitative estimate of drug-likeness (QED) is 0.344. The number of carbonyl (C=O) groups excluding carboxylic acids is 1. The minimum atomic E-state index is -1.54. The number of fused-ring (bicyclic) bond motifs is 2. The highest BCUT2D eigenvalue weighted by Crippen LogP contribution is 2.54. The van der Waals surface area contributed by atoms with Crippen molar-refractivity contribution in [2.24, 2.45) is 5.92 Å². The average molecular weight is 433 g/mol. The summed E-state index contributed by atoms with van der Waals surface area (Å²) in [5, 5.41) is 0. The number of rotatable bonds is 6. The Bertz CT molecular complexity index is 711. The maximum absolute atomic E-state index is 12.0. The normalized spacial score (nSPS) is 24.6. The van der Waals surface area contributed by atoms with Crippen LogP contribution in [-0.4, -0.2) is 20.3 Å². The smallest absolute Gasteiger partial charge is 0.308 e. The molecule has 0 heterocycles. The van der Waals surface area contributed by atoms with Crippen molar-refractivity contribution in [1.82, 2.24) is 0 Å². The minimum absolute atomic E-state index is 0.0102. The van der Waals surface area contributed by atoms with Gasteiger partial charge in [-0.25, -0.2) is 0 Å². The number of methoxy groups -OCH3 is 1. The Labute approximate surface area is 183 Å². The van der Waals surface area contributed by atoms with Crippen LogP contribution >= 0.6 is 11.2 Å². The molecule has 1 aromatic carbocycles. The van der Waals surface area contributed by atoms with Gasteiger partial charge in [0.2, 0.25) is 0 Å². The molecule has 1 spiro atoms. The number of carbonyl (C=O) groups is 1. The topological polar surface area (TPSA) is 26.3 Å². The lowest BCUT2D eigenvalue weighted by atomic mass is 9.67. The molecule has 0 radical (unpaired) electrons. The number of benzene rings is 1. The molecule has 29 heavy (non-hydrogen) atoms. The van der Waals surface area contributed by atoms with Crippen molar-refractivity contribution in [1.29, 1.82) is 0 Å². The standard InChI is InChI=1S/C25H40O2SSi/c1-17(2)29(18(3)4,19(5)6)28-22-9-8-20-10-13-25(23(20)16-22)14-11-21(12-15-25)24(26)27-7/h8-9,16-19,21H,10-15H2,1-7H3. The Morgan fingerprint density at radius 1 is 1.03 bits per heavy atom. The van der Waals surface area contributed by atoms with Gasteiger partial charge in [0.1, 0.15) is 7.22 Å². The van der Waals surface area contributed by atoms with Gasteiger partial charge in [-0.3, -0.25) is 4.79 Å². The molecule has 0 atom stereocenters. The Morgan fingerprint density at radius 2 is 1.62 bits per heavy atom. The zero-order valence-electron chi connectivity index (χ0n) is 19.5. The summed E-state index contributed by atoms with van der Waals surface area (Å²) in [5.74, 6) is 0.0964. The van der Waals surface area contributed by atoms with Crippen molar-refractivity contribution in [2.45, 2.75) is 107 Å². The predicted octanol–water partition coefficient (Wildman–Crippen LogP) is 7.50. The van der Waals surface area contributed by atoms with E-state index in [1.807, 2.05) is 0 Å². The Morgan fingerprint density at radius 3 is 2.14 bits per heavy atom. The highest BCUT2D eigenvalue weighted by molar-refractivity contribution is 8.29. The van der Waals surface area contributed by atoms with Gasteiger partial charge in [-0.15, -0.1) is 0 Å². The SMILES string of the molecule is COC(=O)C1CCC2(CCc3ccc(S[Si](C(C)C)(C(C)C)C(C)C)cc32)CC1. The van der Waals surface area contributed by atoms with Crippen molar-refractivity contribution < 1.29 is 9.53 Å². The van der Waals surface area contributed by atoms with Crippen LogP contribution in [0, 0.1) is 5.92 Å². The lowest BCUT2D eigenvalue weighted by molar-refractivity contribution is -0.147. The molecule has 1 aromatic rings. The van der Waals surface area contributed by atoms with Crippen molar-refractivity contribution in [3.05, 3.63) is 29.3 Å². The zero-order chi connectivity index (χ0) is 21.4. The predicted molar refractivity (Wildman–Crippen MR) is 127 cm³/mol. The number of aryl methyl sites for hydroxylation is 1. The zero-order valence-corrected chi connectivity index (χ0v) is 21.3. The Balaban J connectivity index is 1.88. The summed E-state index contributed by atoms with van der Waals surface area (Å²) in [5.41, 5.74) is 5.72. The second-order valence-electron chi connectivity index (χ2n) is 10.3. The molecular weight excluding hydrogens is 392 g/mol. The van der Waals surface area contributed by atoms with Crippen molar-refractivity contribution in [2.75, 3.05) is 7.11 Å². The maximum Gasteiger partial charge on any atom is 0.308 e. The first-order valence-corrected chi connectivity index (χ1v) is 15.3. The van der Waals surface area contributed by atoms with E-state index in [4.69, 9.17) is 4.74 Å². The second kappa shape index (κ2) is 8.78. The fraction of sp³-hybridized carbons (Fsp3) is 0.720. The van der Waals surface area contributed by atoms with Crippen molar-refractivity contribution >= 4 is 24.4 Å². The van der Waals surface area contributed by atoms with Gasteiger partial charge in [0.05, 0.1) is 13.0 Å². The fourth-order valence-electron chi connectivity index (χ4n) is 6.49. The molecule has 4 heteroatoms. The second-order valence-corrected chi connectivity index (χ2v) is 18.9. The fourth-order valence-corrected chi connectivity index (χ4v) is 15.6. The summed E-state index contributed by atoms with van der Waals surface area (Å²) in [7, 11) is -0.0143. The number of esters is 1. The number of hydrogen-bond donors (Lipinski definition) is 0. The number of hydrogen-bond acceptors (Lipinski definition) is 3. The number of ether oxygens (including phenoxy) is 1. The largest absolute Gasteiger partial charge is 0.469 e. The highest BCUT2D eigenvalue weighted by Gasteiger charge is 2.46. The summed E-state index contributed by atoms with van der Waals surface area (Å²) in [4.78, 5) is 13.5. The molecule has 1 fully saturated rings. The van der Waals surface area contributed by atoms with Crippen LogP contribution in [0.2, 0.25) is 16.6 Å². The highest BCUT2D eigenvalue weighted by atomic mass is 32.4. The van der Waals surface area contributed by atoms with Crippen LogP contribution in [0.5, 0.6) is 0 Å². The Hall–Kier alpha value is -0.743. The van der Waals surface area contributed by atoms with E-state index in [0.717, 1.165) is 42.3 Å². The third-order valence-electron chi connectivity index (χ3n) is 8.00. The summed E-state index contributed by atoms with van der Waals surface area (Å²) < 4.78 is 5.01. The molecule has 3 rings (SSSR count). The first-order chi connectivity index (χ1) is 13.7. The van der Waals surface area contributed by atoms with E-state index in [1.54, 1.807) is 11.1 Å². The van der Waals surface area contributed by atoms with Gasteiger partial charge in [-0.2, -0.15) is 11.2 Å². The molecule has 0 aromatic heterocycles. The first kappa shape index (κ1) is 22.9. The first-order valence-electron chi connectivity index (χ1n) is 11.6. The third kappa shape index (κ3) is 4.08. The van der Waals surface area contributed by atoms with Crippen LogP contribution in [0.25, 0.3) is 0 Å². The van der Waals surface area contributed by atoms with Crippen LogP contribution in [0.4, 0.5) is 0 Å². The van der Waals surface area contributed by atoms with E-state index in [-0.39, 0.29) is 11.9 Å². The van der Waals surface area contributed by atoms with Gasteiger partial charge in [0.15, 0.2) is 0 Å². The molecular formula is C25H40O2SSi. The van der Waals surface area contributed by atoms with E-state index in [9.17, 15) is 4.79 Å². The van der Waals surface area contributed by atoms with Gasteiger partial charge in [0, 0.05) is 4.90 Å². The maximum atomic E-state index is 12.0. The van der Waals surface area contributed by atoms with Gasteiger partial charge < -0.3 is 4.74 Å². The molecule has 0 saturated heterocycles. The molecule has 2 aliphatic rings. The minimum Gasteiger partial charge on any atom is -0.469 e. The molecule has 0 aliphatic heterocycles. The van der Waals surface area contributed by atoms with Crippen LogP contribution in [0.15, 0.2) is 23.1 Å². The summed E-state index contributed by atoms with van der Waals surface area (Å²) in [6.07, 6.45) is 6.68. The van der Waals surface area contributed by atoms with Gasteiger partial charge in [-0.1, -0.05) is 47.6 Å². The van der Waals surface area contributed by atoms with Crippen molar-refractivity contribution in [3.8, 4) is 0 Å². The molecule has 2 nitrogen and oxygen atoms in total. The molecule has 162 valence electrons. The lowest BCUT2D eigenvalue weighted by Crippen LogP contribution is -2.41. The van der Waals surface area contributed by atoms with Crippen LogP contribution in [0.3, 0.4) is 0 Å². The van der Waals surface area contributed by atoms with Crippen LogP contribution in [0.1, 0.15) is 84.8 Å². The molecule has 0 N–H and O–H groups in total. The molecule has 2 aliphatic carbocycles. The molecule has 0 unspecified atom stereocenters. The van der Waals surface area contributed by atoms with Gasteiger partial charge in [-0.05, 0) is 83.8 Å². The van der Waals surface area contributed by atoms with E-state index < -0.39 is 7.22 Å². The summed E-state index contributed by atoms with van der Waals surface area (Å²) >= 11 is 2.25. The summed E-state index contributed by atoms with van der Waals surface area (Å²) in [6, 6.07) is 7.37. The monoisotopic (exact) mass is 432 g/mol.